The first kappa shape index (κ1) is 21.7. The fourth-order valence-corrected chi connectivity index (χ4v) is 2.33. The van der Waals surface area contributed by atoms with Gasteiger partial charge in [0.15, 0.2) is 0 Å². The SMILES string of the molecule is CCCCCC/C=C\CCCCCCCC(=O)NCC(=O)OC. The molecule has 0 spiro atoms. The lowest BCUT2D eigenvalue weighted by atomic mass is 10.1. The summed E-state index contributed by atoms with van der Waals surface area (Å²) in [5.41, 5.74) is 0. The van der Waals surface area contributed by atoms with E-state index >= 15 is 0 Å². The van der Waals surface area contributed by atoms with Gasteiger partial charge in [0, 0.05) is 6.42 Å². The second-order valence-corrected chi connectivity index (χ2v) is 5.98. The molecule has 0 aliphatic rings. The minimum absolute atomic E-state index is 0.0277. The zero-order valence-electron chi connectivity index (χ0n) is 15.1. The smallest absolute Gasteiger partial charge is 0.325 e. The number of ether oxygens (including phenoxy) is 1. The van der Waals surface area contributed by atoms with Crippen LogP contribution in [0.4, 0.5) is 0 Å². The van der Waals surface area contributed by atoms with Gasteiger partial charge in [-0.15, -0.1) is 0 Å². The summed E-state index contributed by atoms with van der Waals surface area (Å²) in [4.78, 5) is 22.3. The third-order valence-electron chi connectivity index (χ3n) is 3.82. The average Bonchev–Trinajstić information content (AvgIpc) is 2.56. The molecule has 0 rings (SSSR count). The maximum Gasteiger partial charge on any atom is 0.325 e. The van der Waals surface area contributed by atoms with Crippen LogP contribution in [-0.4, -0.2) is 25.5 Å². The number of allylic oxidation sites excluding steroid dienone is 2. The van der Waals surface area contributed by atoms with Crippen LogP contribution in [-0.2, 0) is 14.3 Å². The van der Waals surface area contributed by atoms with Crippen LogP contribution in [0.15, 0.2) is 12.2 Å². The van der Waals surface area contributed by atoms with Gasteiger partial charge in [-0.25, -0.2) is 0 Å². The van der Waals surface area contributed by atoms with Gasteiger partial charge in [-0.1, -0.05) is 57.6 Å². The van der Waals surface area contributed by atoms with Crippen LogP contribution in [0, 0.1) is 0 Å². The van der Waals surface area contributed by atoms with E-state index in [9.17, 15) is 9.59 Å². The molecule has 0 heterocycles. The van der Waals surface area contributed by atoms with E-state index < -0.39 is 5.97 Å². The molecule has 0 saturated carbocycles. The molecule has 0 aromatic rings. The number of unbranched alkanes of at least 4 members (excludes halogenated alkanes) is 9. The quantitative estimate of drug-likeness (QED) is 0.273. The second kappa shape index (κ2) is 17.0. The number of nitrogens with one attached hydrogen (secondary N) is 1. The van der Waals surface area contributed by atoms with Crippen molar-refractivity contribution in [2.75, 3.05) is 13.7 Å². The van der Waals surface area contributed by atoms with Crippen molar-refractivity contribution in [2.45, 2.75) is 84.0 Å². The third-order valence-corrected chi connectivity index (χ3v) is 3.82. The molecule has 0 unspecified atom stereocenters. The molecule has 0 fully saturated rings. The van der Waals surface area contributed by atoms with Gasteiger partial charge in [-0.2, -0.15) is 0 Å². The van der Waals surface area contributed by atoms with Crippen molar-refractivity contribution in [1.29, 1.82) is 0 Å². The molecular formula is C19H35NO3. The predicted octanol–water partition coefficient (Wildman–Crippen LogP) is 4.53. The summed E-state index contributed by atoms with van der Waals surface area (Å²) in [5.74, 6) is -0.474. The molecule has 1 N–H and O–H groups in total. The van der Waals surface area contributed by atoms with E-state index in [4.69, 9.17) is 0 Å². The Kier molecular flexibility index (Phi) is 16.1. The highest BCUT2D eigenvalue weighted by molar-refractivity contribution is 5.81. The summed E-state index contributed by atoms with van der Waals surface area (Å²) in [5, 5.41) is 2.55. The Bertz CT molecular complexity index is 327. The van der Waals surface area contributed by atoms with Crippen LogP contribution in [0.25, 0.3) is 0 Å². The minimum Gasteiger partial charge on any atom is -0.468 e. The number of hydrogen-bond acceptors (Lipinski definition) is 3. The van der Waals surface area contributed by atoms with E-state index in [1.165, 1.54) is 64.9 Å². The van der Waals surface area contributed by atoms with Crippen LogP contribution in [0.3, 0.4) is 0 Å². The van der Waals surface area contributed by atoms with Crippen LogP contribution in [0.5, 0.6) is 0 Å². The molecule has 4 heteroatoms. The van der Waals surface area contributed by atoms with Gasteiger partial charge in [-0.3, -0.25) is 9.59 Å². The minimum atomic E-state index is -0.406. The van der Waals surface area contributed by atoms with Crippen molar-refractivity contribution in [3.63, 3.8) is 0 Å². The van der Waals surface area contributed by atoms with Gasteiger partial charge in [0.05, 0.1) is 7.11 Å². The van der Waals surface area contributed by atoms with Crippen LogP contribution in [0.2, 0.25) is 0 Å². The summed E-state index contributed by atoms with van der Waals surface area (Å²) in [6, 6.07) is 0. The Hall–Kier alpha value is -1.32. The van der Waals surface area contributed by atoms with E-state index in [2.05, 4.69) is 29.1 Å². The zero-order valence-corrected chi connectivity index (χ0v) is 15.1. The van der Waals surface area contributed by atoms with Gasteiger partial charge < -0.3 is 10.1 Å². The number of carbonyl (C=O) groups is 2. The number of hydrogen-bond donors (Lipinski definition) is 1. The zero-order chi connectivity index (χ0) is 17.2. The lowest BCUT2D eigenvalue weighted by Gasteiger charge is -2.03. The number of amides is 1. The first-order valence-corrected chi connectivity index (χ1v) is 9.19. The molecule has 0 aliphatic carbocycles. The molecule has 0 saturated heterocycles. The van der Waals surface area contributed by atoms with E-state index in [-0.39, 0.29) is 12.5 Å². The Labute approximate surface area is 142 Å². The standard InChI is InChI=1S/C19H35NO3/c1-3-4-5-6-7-8-9-10-11-12-13-14-15-16-18(21)20-17-19(22)23-2/h8-9H,3-7,10-17H2,1-2H3,(H,20,21)/b9-8-. The highest BCUT2D eigenvalue weighted by Crippen LogP contribution is 2.08. The molecule has 23 heavy (non-hydrogen) atoms. The summed E-state index contributed by atoms with van der Waals surface area (Å²) in [6.07, 6.45) is 18.5. The molecule has 0 aromatic heterocycles. The predicted molar refractivity (Wildman–Crippen MR) is 95.2 cm³/mol. The van der Waals surface area contributed by atoms with Crippen LogP contribution in [0.1, 0.15) is 84.0 Å². The molecule has 0 aliphatic heterocycles. The Morgan fingerprint density at radius 3 is 2.04 bits per heavy atom. The number of rotatable bonds is 15. The van der Waals surface area contributed by atoms with Gasteiger partial charge in [0.25, 0.3) is 0 Å². The molecular weight excluding hydrogens is 290 g/mol. The summed E-state index contributed by atoms with van der Waals surface area (Å²) in [7, 11) is 1.32. The van der Waals surface area contributed by atoms with Crippen LogP contribution >= 0.6 is 0 Å². The first-order chi connectivity index (χ1) is 11.2. The highest BCUT2D eigenvalue weighted by atomic mass is 16.5. The first-order valence-electron chi connectivity index (χ1n) is 9.19. The molecule has 0 aromatic carbocycles. The van der Waals surface area contributed by atoms with Gasteiger partial charge in [-0.05, 0) is 32.1 Å². The molecule has 134 valence electrons. The van der Waals surface area contributed by atoms with Crippen molar-refractivity contribution >= 4 is 11.9 Å². The van der Waals surface area contributed by atoms with Gasteiger partial charge >= 0.3 is 5.97 Å². The summed E-state index contributed by atoms with van der Waals surface area (Å²) in [6.45, 7) is 2.21. The van der Waals surface area contributed by atoms with Crippen molar-refractivity contribution in [1.82, 2.24) is 5.32 Å². The molecule has 1 amide bonds. The lowest BCUT2D eigenvalue weighted by molar-refractivity contribution is -0.141. The average molecular weight is 325 g/mol. The Morgan fingerprint density at radius 2 is 1.43 bits per heavy atom. The molecule has 0 atom stereocenters. The maximum atomic E-state index is 11.4. The van der Waals surface area contributed by atoms with Crippen molar-refractivity contribution in [2.24, 2.45) is 0 Å². The highest BCUT2D eigenvalue weighted by Gasteiger charge is 2.04. The molecule has 0 radical (unpaired) electrons. The summed E-state index contributed by atoms with van der Waals surface area (Å²) < 4.78 is 4.46. The Balaban J connectivity index is 3.25. The van der Waals surface area contributed by atoms with E-state index in [1.54, 1.807) is 0 Å². The van der Waals surface area contributed by atoms with Gasteiger partial charge in [0.2, 0.25) is 5.91 Å². The summed E-state index contributed by atoms with van der Waals surface area (Å²) >= 11 is 0. The van der Waals surface area contributed by atoms with Crippen LogP contribution < -0.4 is 5.32 Å². The van der Waals surface area contributed by atoms with Crippen molar-refractivity contribution < 1.29 is 14.3 Å². The fraction of sp³-hybridized carbons (Fsp3) is 0.789. The second-order valence-electron chi connectivity index (χ2n) is 5.98. The van der Waals surface area contributed by atoms with E-state index in [0.717, 1.165) is 12.8 Å². The third kappa shape index (κ3) is 16.9. The molecule has 4 nitrogen and oxygen atoms in total. The van der Waals surface area contributed by atoms with Crippen molar-refractivity contribution in [3.8, 4) is 0 Å². The lowest BCUT2D eigenvalue weighted by Crippen LogP contribution is -2.29. The normalized spacial score (nSPS) is 10.9. The number of esters is 1. The monoisotopic (exact) mass is 325 g/mol. The topological polar surface area (TPSA) is 55.4 Å². The van der Waals surface area contributed by atoms with E-state index in [1.807, 2.05) is 0 Å². The molecule has 0 bridgehead atoms. The Morgan fingerprint density at radius 1 is 0.870 bits per heavy atom. The number of methoxy groups -OCH3 is 1. The van der Waals surface area contributed by atoms with Gasteiger partial charge in [0.1, 0.15) is 6.54 Å². The van der Waals surface area contributed by atoms with E-state index in [0.29, 0.717) is 6.42 Å². The largest absolute Gasteiger partial charge is 0.468 e. The van der Waals surface area contributed by atoms with Crippen molar-refractivity contribution in [3.05, 3.63) is 12.2 Å². The fourth-order valence-electron chi connectivity index (χ4n) is 2.33. The number of carbonyl (C=O) groups excluding carboxylic acids is 2. The maximum absolute atomic E-state index is 11.4.